The first kappa shape index (κ1) is 25.1. The molecule has 1 fully saturated rings. The van der Waals surface area contributed by atoms with Crippen LogP contribution >= 0.6 is 0 Å². The van der Waals surface area contributed by atoms with Crippen molar-refractivity contribution < 1.29 is 19.4 Å². The maximum Gasteiger partial charge on any atom is 0.251 e. The second-order valence-corrected chi connectivity index (χ2v) is 8.80. The van der Waals surface area contributed by atoms with Crippen LogP contribution in [-0.4, -0.2) is 92.7 Å². The molecule has 0 radical (unpaired) electrons. The molecule has 0 spiro atoms. The topological polar surface area (TPSA) is 150 Å². The highest BCUT2D eigenvalue weighted by Crippen LogP contribution is 2.37. The lowest BCUT2D eigenvalue weighted by atomic mass is 10.1. The maximum absolute atomic E-state index is 12.5. The Morgan fingerprint density at radius 1 is 1.19 bits per heavy atom. The van der Waals surface area contributed by atoms with Crippen molar-refractivity contribution in [2.24, 2.45) is 10.7 Å². The number of carbonyl (C=O) groups is 1. The van der Waals surface area contributed by atoms with Gasteiger partial charge in [0.05, 0.1) is 38.7 Å². The molecule has 1 aromatic carbocycles. The van der Waals surface area contributed by atoms with Crippen molar-refractivity contribution in [3.05, 3.63) is 47.3 Å². The van der Waals surface area contributed by atoms with Gasteiger partial charge in [0.2, 0.25) is 5.95 Å². The minimum Gasteiger partial charge on any atom is -0.394 e. The molecule has 37 heavy (non-hydrogen) atoms. The lowest BCUT2D eigenvalue weighted by Gasteiger charge is -2.28. The Labute approximate surface area is 215 Å². The quantitative estimate of drug-likeness (QED) is 0.341. The molecule has 12 heteroatoms. The van der Waals surface area contributed by atoms with Crippen molar-refractivity contribution in [3.63, 3.8) is 0 Å². The molecule has 1 saturated heterocycles. The molecular weight excluding hydrogens is 476 g/mol. The first-order chi connectivity index (χ1) is 18.1. The smallest absolute Gasteiger partial charge is 0.251 e. The summed E-state index contributed by atoms with van der Waals surface area (Å²) < 4.78 is 10.7. The number of aromatic nitrogens is 2. The average Bonchev–Trinajstić information content (AvgIpc) is 3.37. The number of nitrogens with zero attached hydrogens (tertiary/aromatic N) is 5. The number of benzene rings is 1. The Hall–Kier alpha value is -3.58. The monoisotopic (exact) mass is 508 g/mol. The number of carbonyl (C=O) groups excluding carboxylic acids is 1. The van der Waals surface area contributed by atoms with E-state index >= 15 is 0 Å². The molecule has 5 rings (SSSR count). The van der Waals surface area contributed by atoms with Crippen LogP contribution in [0.2, 0.25) is 0 Å². The van der Waals surface area contributed by atoms with Gasteiger partial charge in [0.1, 0.15) is 5.82 Å². The van der Waals surface area contributed by atoms with Crippen LogP contribution in [-0.2, 0) is 15.9 Å². The largest absolute Gasteiger partial charge is 0.394 e. The number of allylic oxidation sites excluding steroid dienone is 1. The lowest BCUT2D eigenvalue weighted by Crippen LogP contribution is -2.38. The molecule has 1 amide bonds. The lowest BCUT2D eigenvalue weighted by molar-refractivity contribution is 0.0838. The van der Waals surface area contributed by atoms with Crippen molar-refractivity contribution in [2.45, 2.75) is 12.7 Å². The fourth-order valence-corrected chi connectivity index (χ4v) is 4.48. The number of rotatable bonds is 9. The van der Waals surface area contributed by atoms with Crippen LogP contribution in [0.5, 0.6) is 0 Å². The molecule has 1 atom stereocenters. The number of hydrogen-bond donors (Lipinski definition) is 4. The van der Waals surface area contributed by atoms with E-state index in [1.165, 1.54) is 0 Å². The Bertz CT molecular complexity index is 1160. The summed E-state index contributed by atoms with van der Waals surface area (Å²) in [5, 5.41) is 14.6. The number of anilines is 3. The summed E-state index contributed by atoms with van der Waals surface area (Å²) in [5.74, 6) is 1.34. The molecule has 1 unspecified atom stereocenters. The minimum atomic E-state index is -0.461. The van der Waals surface area contributed by atoms with E-state index in [1.54, 1.807) is 6.21 Å². The summed E-state index contributed by atoms with van der Waals surface area (Å²) in [6, 6.07) is 7.49. The van der Waals surface area contributed by atoms with E-state index in [-0.39, 0.29) is 19.1 Å². The molecule has 2 aromatic rings. The number of fused-ring (bicyclic) bond motifs is 1. The number of nitrogens with two attached hydrogens (primary N) is 1. The van der Waals surface area contributed by atoms with Gasteiger partial charge in [-0.2, -0.15) is 4.98 Å². The van der Waals surface area contributed by atoms with E-state index in [9.17, 15) is 4.79 Å². The van der Waals surface area contributed by atoms with Crippen LogP contribution in [0.1, 0.15) is 21.6 Å². The molecule has 0 saturated carbocycles. The van der Waals surface area contributed by atoms with Gasteiger partial charge >= 0.3 is 0 Å². The highest BCUT2D eigenvalue weighted by Gasteiger charge is 2.30. The predicted molar refractivity (Wildman–Crippen MR) is 140 cm³/mol. The number of ether oxygens (including phenoxy) is 2. The first-order valence-corrected chi connectivity index (χ1v) is 12.5. The van der Waals surface area contributed by atoms with E-state index in [1.807, 2.05) is 30.5 Å². The van der Waals surface area contributed by atoms with Crippen LogP contribution in [0, 0.1) is 0 Å². The van der Waals surface area contributed by atoms with Crippen LogP contribution < -0.4 is 26.2 Å². The van der Waals surface area contributed by atoms with Gasteiger partial charge in [0.25, 0.3) is 5.91 Å². The number of aliphatic imine (C=N–C) groups is 1. The van der Waals surface area contributed by atoms with Crippen LogP contribution in [0.25, 0.3) is 5.57 Å². The van der Waals surface area contributed by atoms with Gasteiger partial charge in [0, 0.05) is 61.0 Å². The maximum atomic E-state index is 12.5. The van der Waals surface area contributed by atoms with Crippen molar-refractivity contribution in [3.8, 4) is 0 Å². The van der Waals surface area contributed by atoms with E-state index in [2.05, 4.69) is 25.4 Å². The van der Waals surface area contributed by atoms with Gasteiger partial charge in [-0.1, -0.05) is 0 Å². The van der Waals surface area contributed by atoms with Gasteiger partial charge in [-0.05, 0) is 30.7 Å². The Balaban J connectivity index is 1.39. The number of morpholine rings is 1. The summed E-state index contributed by atoms with van der Waals surface area (Å²) in [7, 11) is 0. The number of aliphatic hydroxyl groups excluding tert-OH is 1. The van der Waals surface area contributed by atoms with E-state index in [0.29, 0.717) is 37.9 Å². The van der Waals surface area contributed by atoms with Crippen LogP contribution in [0.3, 0.4) is 0 Å². The molecule has 0 bridgehead atoms. The zero-order valence-electron chi connectivity index (χ0n) is 20.6. The predicted octanol–water partition coefficient (Wildman–Crippen LogP) is 0.00330. The van der Waals surface area contributed by atoms with E-state index in [0.717, 1.165) is 54.4 Å². The van der Waals surface area contributed by atoms with Gasteiger partial charge in [-0.15, -0.1) is 0 Å². The standard InChI is InChI=1S/C25H32N8O4/c26-24-28-15-18(16-29-24)21-20-5-7-33(22(20)31-25(30-21)32-8-12-37-13-9-32)19-3-1-17(2-4-19)23(35)27-6-11-36-14-10-34/h1-4,15-16,24,28,34H,5-14,26H2,(H,27,35). The fourth-order valence-electron chi connectivity index (χ4n) is 4.48. The van der Waals surface area contributed by atoms with Crippen LogP contribution in [0.4, 0.5) is 17.5 Å². The molecule has 5 N–H and O–H groups in total. The third-order valence-corrected chi connectivity index (χ3v) is 6.37. The zero-order chi connectivity index (χ0) is 25.6. The van der Waals surface area contributed by atoms with E-state index in [4.69, 9.17) is 30.3 Å². The van der Waals surface area contributed by atoms with Crippen molar-refractivity contribution in [1.29, 1.82) is 0 Å². The first-order valence-electron chi connectivity index (χ1n) is 12.5. The number of amides is 1. The average molecular weight is 509 g/mol. The number of aliphatic hydroxyl groups is 1. The SMILES string of the molecule is NC1N=CC(c2nc(N3CCOCC3)nc3c2CCN3c2ccc(C(=O)NCCOCCO)cc2)=CN1. The van der Waals surface area contributed by atoms with Crippen LogP contribution in [0.15, 0.2) is 35.5 Å². The minimum absolute atomic E-state index is 0.0361. The highest BCUT2D eigenvalue weighted by atomic mass is 16.5. The Morgan fingerprint density at radius 3 is 2.73 bits per heavy atom. The molecular formula is C25H32N8O4. The number of hydrogen-bond acceptors (Lipinski definition) is 11. The summed E-state index contributed by atoms with van der Waals surface area (Å²) in [6.45, 7) is 4.42. The van der Waals surface area contributed by atoms with Gasteiger partial charge < -0.3 is 35.0 Å². The summed E-state index contributed by atoms with van der Waals surface area (Å²) in [5.41, 5.74) is 10.1. The third kappa shape index (κ3) is 5.72. The second kappa shape index (κ2) is 11.6. The summed E-state index contributed by atoms with van der Waals surface area (Å²) in [4.78, 5) is 31.0. The molecule has 0 aliphatic carbocycles. The summed E-state index contributed by atoms with van der Waals surface area (Å²) in [6.07, 6.45) is 3.94. The Morgan fingerprint density at radius 2 is 2.00 bits per heavy atom. The van der Waals surface area contributed by atoms with Gasteiger partial charge in [0.15, 0.2) is 6.29 Å². The Kier molecular flexibility index (Phi) is 7.90. The molecule has 1 aromatic heterocycles. The van der Waals surface area contributed by atoms with Gasteiger partial charge in [-0.25, -0.2) is 4.98 Å². The van der Waals surface area contributed by atoms with Crippen molar-refractivity contribution >= 4 is 35.1 Å². The highest BCUT2D eigenvalue weighted by molar-refractivity contribution is 6.10. The molecule has 3 aliphatic heterocycles. The number of nitrogens with one attached hydrogen (secondary N) is 2. The zero-order valence-corrected chi connectivity index (χ0v) is 20.6. The molecule has 196 valence electrons. The van der Waals surface area contributed by atoms with Gasteiger partial charge in [-0.3, -0.25) is 15.5 Å². The van der Waals surface area contributed by atoms with Crippen molar-refractivity contribution in [1.82, 2.24) is 20.6 Å². The third-order valence-electron chi connectivity index (χ3n) is 6.37. The summed E-state index contributed by atoms with van der Waals surface area (Å²) >= 11 is 0. The second-order valence-electron chi connectivity index (χ2n) is 8.80. The molecule has 3 aliphatic rings. The molecule has 4 heterocycles. The van der Waals surface area contributed by atoms with E-state index < -0.39 is 6.29 Å². The molecule has 12 nitrogen and oxygen atoms in total. The van der Waals surface area contributed by atoms with Crippen molar-refractivity contribution in [2.75, 3.05) is 69.0 Å². The fraction of sp³-hybridized carbons (Fsp3) is 0.440. The normalized spacial score (nSPS) is 18.9.